The molecule has 7 heteroatoms. The van der Waals surface area contributed by atoms with Crippen LogP contribution in [0.3, 0.4) is 0 Å². The Hall–Kier alpha value is -2.18. The van der Waals surface area contributed by atoms with Gasteiger partial charge in [-0.2, -0.15) is 0 Å². The van der Waals surface area contributed by atoms with Crippen molar-refractivity contribution in [2.45, 2.75) is 26.2 Å². The monoisotopic (exact) mass is 309 g/mol. The molecule has 0 aromatic heterocycles. The molecule has 120 valence electrons. The summed E-state index contributed by atoms with van der Waals surface area (Å²) in [5, 5.41) is 13.9. The number of halogens is 1. The molecule has 0 spiro atoms. The van der Waals surface area contributed by atoms with Crippen LogP contribution in [0.2, 0.25) is 0 Å². The first-order chi connectivity index (χ1) is 10.5. The number of anilines is 1. The molecule has 22 heavy (non-hydrogen) atoms. The minimum Gasteiger partial charge on any atom is -0.366 e. The van der Waals surface area contributed by atoms with Gasteiger partial charge in [0.05, 0.1) is 4.92 Å². The highest BCUT2D eigenvalue weighted by atomic mass is 19.1. The van der Waals surface area contributed by atoms with Crippen molar-refractivity contribution in [2.24, 2.45) is 5.92 Å². The van der Waals surface area contributed by atoms with Crippen molar-refractivity contribution in [1.82, 2.24) is 5.32 Å². The van der Waals surface area contributed by atoms with Gasteiger partial charge in [-0.1, -0.05) is 6.92 Å². The summed E-state index contributed by atoms with van der Waals surface area (Å²) in [6.07, 6.45) is 2.12. The van der Waals surface area contributed by atoms with Gasteiger partial charge in [-0.25, -0.2) is 4.39 Å². The number of hydrogen-bond donors (Lipinski definition) is 1. The topological polar surface area (TPSA) is 75.5 Å². The van der Waals surface area contributed by atoms with Gasteiger partial charge in [-0.15, -0.1) is 0 Å². The Kier molecular flexibility index (Phi) is 5.30. The largest absolute Gasteiger partial charge is 0.366 e. The minimum atomic E-state index is -0.505. The zero-order valence-electron chi connectivity index (χ0n) is 12.5. The number of hydrogen-bond acceptors (Lipinski definition) is 4. The lowest BCUT2D eigenvalue weighted by Crippen LogP contribution is -2.41. The van der Waals surface area contributed by atoms with E-state index in [1.165, 1.54) is 12.1 Å². The van der Waals surface area contributed by atoms with E-state index in [0.717, 1.165) is 12.5 Å². The molecule has 0 radical (unpaired) electrons. The highest BCUT2D eigenvalue weighted by Crippen LogP contribution is 2.32. The van der Waals surface area contributed by atoms with Crippen LogP contribution in [0.1, 0.15) is 26.2 Å². The Labute approximate surface area is 128 Å². The van der Waals surface area contributed by atoms with Gasteiger partial charge < -0.3 is 10.2 Å². The highest BCUT2D eigenvalue weighted by molar-refractivity contribution is 5.79. The predicted molar refractivity (Wildman–Crippen MR) is 81.3 cm³/mol. The zero-order chi connectivity index (χ0) is 16.1. The van der Waals surface area contributed by atoms with Crippen molar-refractivity contribution in [3.05, 3.63) is 34.1 Å². The molecule has 1 aliphatic rings. The van der Waals surface area contributed by atoms with Crippen LogP contribution in [0, 0.1) is 21.8 Å². The van der Waals surface area contributed by atoms with Gasteiger partial charge in [0.15, 0.2) is 0 Å². The molecule has 1 fully saturated rings. The number of nitrogens with one attached hydrogen (secondary N) is 1. The Morgan fingerprint density at radius 2 is 2.14 bits per heavy atom. The zero-order valence-corrected chi connectivity index (χ0v) is 12.5. The Balaban J connectivity index is 2.04. The Bertz CT molecular complexity index is 557. The fraction of sp³-hybridized carbons (Fsp3) is 0.533. The van der Waals surface area contributed by atoms with Crippen LogP contribution in [0.25, 0.3) is 0 Å². The minimum absolute atomic E-state index is 0.0373. The van der Waals surface area contributed by atoms with Gasteiger partial charge in [0.2, 0.25) is 5.91 Å². The van der Waals surface area contributed by atoms with E-state index >= 15 is 0 Å². The summed E-state index contributed by atoms with van der Waals surface area (Å²) in [5.41, 5.74) is 0.188. The molecule has 1 amide bonds. The van der Waals surface area contributed by atoms with Crippen LogP contribution in [-0.4, -0.2) is 30.5 Å². The van der Waals surface area contributed by atoms with Crippen molar-refractivity contribution >= 4 is 17.3 Å². The summed E-state index contributed by atoms with van der Waals surface area (Å²) >= 11 is 0. The molecule has 2 rings (SSSR count). The summed E-state index contributed by atoms with van der Waals surface area (Å²) in [4.78, 5) is 24.3. The number of nitro benzene ring substituents is 1. The molecule has 0 aliphatic carbocycles. The van der Waals surface area contributed by atoms with E-state index in [9.17, 15) is 19.3 Å². The van der Waals surface area contributed by atoms with Gasteiger partial charge in [0.1, 0.15) is 11.5 Å². The maximum atomic E-state index is 13.4. The lowest BCUT2D eigenvalue weighted by Gasteiger charge is -2.32. The van der Waals surface area contributed by atoms with E-state index in [1.54, 1.807) is 4.90 Å². The first kappa shape index (κ1) is 16.2. The van der Waals surface area contributed by atoms with Crippen molar-refractivity contribution < 1.29 is 14.1 Å². The fourth-order valence-electron chi connectivity index (χ4n) is 2.68. The molecule has 0 unspecified atom stereocenters. The third-order valence-electron chi connectivity index (χ3n) is 3.89. The standard InChI is InChI=1S/C15H20FN3O3/c1-2-7-17-15(20)11-5-8-18(9-6-11)14-10-12(16)3-4-13(14)19(21)22/h3-4,10-11H,2,5-9H2,1H3,(H,17,20). The van der Waals surface area contributed by atoms with Gasteiger partial charge in [0, 0.05) is 37.7 Å². The summed E-state index contributed by atoms with van der Waals surface area (Å²) in [6, 6.07) is 3.47. The van der Waals surface area contributed by atoms with Crippen molar-refractivity contribution in [3.63, 3.8) is 0 Å². The van der Waals surface area contributed by atoms with E-state index in [0.29, 0.717) is 32.5 Å². The lowest BCUT2D eigenvalue weighted by molar-refractivity contribution is -0.384. The molecule has 0 bridgehead atoms. The van der Waals surface area contributed by atoms with Gasteiger partial charge in [0.25, 0.3) is 5.69 Å². The molecule has 1 N–H and O–H groups in total. The maximum absolute atomic E-state index is 13.4. The van der Waals surface area contributed by atoms with Crippen LogP contribution >= 0.6 is 0 Å². The number of rotatable bonds is 5. The van der Waals surface area contributed by atoms with E-state index < -0.39 is 10.7 Å². The quantitative estimate of drug-likeness (QED) is 0.669. The number of carbonyl (C=O) groups excluding carboxylic acids is 1. The Morgan fingerprint density at radius 1 is 1.45 bits per heavy atom. The molecule has 1 aromatic carbocycles. The summed E-state index contributed by atoms with van der Waals surface area (Å²) in [5.74, 6) is -0.533. The van der Waals surface area contributed by atoms with Crippen LogP contribution in [0.5, 0.6) is 0 Å². The SMILES string of the molecule is CCCNC(=O)C1CCN(c2cc(F)ccc2[N+](=O)[O-])CC1. The van der Waals surface area contributed by atoms with Crippen LogP contribution in [0.15, 0.2) is 18.2 Å². The maximum Gasteiger partial charge on any atom is 0.292 e. The second kappa shape index (κ2) is 7.20. The number of nitrogens with zero attached hydrogens (tertiary/aromatic N) is 2. The lowest BCUT2D eigenvalue weighted by atomic mass is 9.95. The second-order valence-corrected chi connectivity index (χ2v) is 5.44. The van der Waals surface area contributed by atoms with Crippen molar-refractivity contribution in [1.29, 1.82) is 0 Å². The second-order valence-electron chi connectivity index (χ2n) is 5.44. The number of amides is 1. The molecule has 1 saturated heterocycles. The normalized spacial score (nSPS) is 15.6. The molecule has 0 saturated carbocycles. The van der Waals surface area contributed by atoms with Gasteiger partial charge >= 0.3 is 0 Å². The molecule has 1 heterocycles. The number of benzene rings is 1. The van der Waals surface area contributed by atoms with E-state index in [4.69, 9.17) is 0 Å². The number of nitro groups is 1. The first-order valence-electron chi connectivity index (χ1n) is 7.49. The predicted octanol–water partition coefficient (Wildman–Crippen LogP) is 2.48. The average molecular weight is 309 g/mol. The van der Waals surface area contributed by atoms with Crippen molar-refractivity contribution in [2.75, 3.05) is 24.5 Å². The molecule has 1 aromatic rings. The smallest absolute Gasteiger partial charge is 0.292 e. The highest BCUT2D eigenvalue weighted by Gasteiger charge is 2.28. The Morgan fingerprint density at radius 3 is 2.73 bits per heavy atom. The molecule has 6 nitrogen and oxygen atoms in total. The van der Waals surface area contributed by atoms with Gasteiger partial charge in [-0.05, 0) is 25.3 Å². The van der Waals surface area contributed by atoms with E-state index in [1.807, 2.05) is 6.92 Å². The van der Waals surface area contributed by atoms with Crippen LogP contribution in [0.4, 0.5) is 15.8 Å². The summed E-state index contributed by atoms with van der Waals surface area (Å²) < 4.78 is 13.4. The number of piperidine rings is 1. The first-order valence-corrected chi connectivity index (χ1v) is 7.49. The molecule has 0 atom stereocenters. The van der Waals surface area contributed by atoms with Gasteiger partial charge in [-0.3, -0.25) is 14.9 Å². The third kappa shape index (κ3) is 3.72. The van der Waals surface area contributed by atoms with E-state index in [2.05, 4.69) is 5.32 Å². The molecule has 1 aliphatic heterocycles. The van der Waals surface area contributed by atoms with Crippen LogP contribution in [-0.2, 0) is 4.79 Å². The average Bonchev–Trinajstić information content (AvgIpc) is 2.52. The fourth-order valence-corrected chi connectivity index (χ4v) is 2.68. The molecular formula is C15H20FN3O3. The van der Waals surface area contributed by atoms with E-state index in [-0.39, 0.29) is 23.2 Å². The summed E-state index contributed by atoms with van der Waals surface area (Å²) in [7, 11) is 0. The van der Waals surface area contributed by atoms with Crippen molar-refractivity contribution in [3.8, 4) is 0 Å². The van der Waals surface area contributed by atoms with Crippen LogP contribution < -0.4 is 10.2 Å². The third-order valence-corrected chi connectivity index (χ3v) is 3.89. The summed E-state index contributed by atoms with van der Waals surface area (Å²) in [6.45, 7) is 3.67. The number of carbonyl (C=O) groups is 1. The molecular weight excluding hydrogens is 289 g/mol.